The van der Waals surface area contributed by atoms with Crippen LogP contribution in [0.4, 0.5) is 0 Å². The summed E-state index contributed by atoms with van der Waals surface area (Å²) in [7, 11) is 0. The van der Waals surface area contributed by atoms with Crippen LogP contribution in [0.2, 0.25) is 0 Å². The first-order valence-corrected chi connectivity index (χ1v) is 8.04. The van der Waals surface area contributed by atoms with E-state index in [1.165, 1.54) is 12.8 Å². The van der Waals surface area contributed by atoms with Gasteiger partial charge in [0, 0.05) is 29.3 Å². The lowest BCUT2D eigenvalue weighted by atomic mass is 9.87. The molecule has 0 unspecified atom stereocenters. The van der Waals surface area contributed by atoms with Crippen LogP contribution < -0.4 is 5.32 Å². The summed E-state index contributed by atoms with van der Waals surface area (Å²) in [5.41, 5.74) is 1.91. The molecule has 3 nitrogen and oxygen atoms in total. The van der Waals surface area contributed by atoms with Gasteiger partial charge >= 0.3 is 0 Å². The predicted octanol–water partition coefficient (Wildman–Crippen LogP) is 3.94. The summed E-state index contributed by atoms with van der Waals surface area (Å²) in [6.07, 6.45) is 9.87. The summed E-state index contributed by atoms with van der Waals surface area (Å²) >= 11 is 0. The van der Waals surface area contributed by atoms with Gasteiger partial charge in [0.05, 0.1) is 5.52 Å². The van der Waals surface area contributed by atoms with Crippen LogP contribution in [0.25, 0.3) is 17.0 Å². The van der Waals surface area contributed by atoms with Gasteiger partial charge in [0.1, 0.15) is 0 Å². The quantitative estimate of drug-likeness (QED) is 0.871. The highest BCUT2D eigenvalue weighted by Gasteiger charge is 2.18. The lowest BCUT2D eigenvalue weighted by Crippen LogP contribution is -2.36. The standard InChI is InChI=1S/C19H22N2O/c1-14-7-10-17(11-8-14)21-18(22)12-9-16-5-2-4-15-6-3-13-20-19(15)16/h2-6,9,12-14,17H,7-8,10-11H2,1H3,(H,21,22)/b12-9+. The van der Waals surface area contributed by atoms with Crippen molar-refractivity contribution in [2.45, 2.75) is 38.6 Å². The molecule has 1 saturated carbocycles. The van der Waals surface area contributed by atoms with Crippen molar-refractivity contribution in [2.24, 2.45) is 5.92 Å². The molecule has 0 saturated heterocycles. The monoisotopic (exact) mass is 294 g/mol. The van der Waals surface area contributed by atoms with Crippen molar-refractivity contribution >= 4 is 22.9 Å². The molecule has 3 rings (SSSR count). The minimum atomic E-state index is -0.00696. The van der Waals surface area contributed by atoms with E-state index in [1.807, 2.05) is 36.4 Å². The molecular formula is C19H22N2O. The van der Waals surface area contributed by atoms with Gasteiger partial charge in [-0.1, -0.05) is 31.2 Å². The number of para-hydroxylation sites is 1. The number of amides is 1. The smallest absolute Gasteiger partial charge is 0.244 e. The molecule has 1 amide bonds. The summed E-state index contributed by atoms with van der Waals surface area (Å²) in [4.78, 5) is 16.5. The summed E-state index contributed by atoms with van der Waals surface area (Å²) in [5, 5.41) is 4.20. The zero-order chi connectivity index (χ0) is 15.4. The highest BCUT2D eigenvalue weighted by Crippen LogP contribution is 2.23. The van der Waals surface area contributed by atoms with Gasteiger partial charge in [-0.05, 0) is 43.7 Å². The number of pyridine rings is 1. The first kappa shape index (κ1) is 14.8. The normalized spacial score (nSPS) is 22.0. The van der Waals surface area contributed by atoms with E-state index in [1.54, 1.807) is 12.3 Å². The first-order chi connectivity index (χ1) is 10.7. The number of rotatable bonds is 3. The van der Waals surface area contributed by atoms with Gasteiger partial charge in [0.15, 0.2) is 0 Å². The molecule has 3 heteroatoms. The molecule has 1 N–H and O–H groups in total. The third-order valence-corrected chi connectivity index (χ3v) is 4.44. The highest BCUT2D eigenvalue weighted by atomic mass is 16.1. The second-order valence-corrected chi connectivity index (χ2v) is 6.22. The second kappa shape index (κ2) is 6.73. The highest BCUT2D eigenvalue weighted by molar-refractivity contribution is 5.95. The van der Waals surface area contributed by atoms with Crippen molar-refractivity contribution in [1.82, 2.24) is 10.3 Å². The number of hydrogen-bond acceptors (Lipinski definition) is 2. The van der Waals surface area contributed by atoms with Crippen LogP contribution in [-0.4, -0.2) is 16.9 Å². The maximum atomic E-state index is 12.1. The molecule has 0 atom stereocenters. The zero-order valence-corrected chi connectivity index (χ0v) is 13.0. The van der Waals surface area contributed by atoms with Gasteiger partial charge in [0.2, 0.25) is 5.91 Å². The second-order valence-electron chi connectivity index (χ2n) is 6.22. The first-order valence-electron chi connectivity index (χ1n) is 8.04. The molecule has 1 heterocycles. The average molecular weight is 294 g/mol. The van der Waals surface area contributed by atoms with E-state index in [2.05, 4.69) is 17.2 Å². The number of aromatic nitrogens is 1. The molecular weight excluding hydrogens is 272 g/mol. The van der Waals surface area contributed by atoms with Crippen molar-refractivity contribution in [3.8, 4) is 0 Å². The number of nitrogens with one attached hydrogen (secondary N) is 1. The summed E-state index contributed by atoms with van der Waals surface area (Å²) in [6, 6.07) is 10.3. The number of carbonyl (C=O) groups excluding carboxylic acids is 1. The summed E-state index contributed by atoms with van der Waals surface area (Å²) in [6.45, 7) is 2.28. The Morgan fingerprint density at radius 1 is 1.18 bits per heavy atom. The van der Waals surface area contributed by atoms with Gasteiger partial charge in [-0.15, -0.1) is 0 Å². The Hall–Kier alpha value is -2.16. The molecule has 1 aromatic carbocycles. The number of nitrogens with zero attached hydrogens (tertiary/aromatic N) is 1. The van der Waals surface area contributed by atoms with Crippen LogP contribution in [-0.2, 0) is 4.79 Å². The Morgan fingerprint density at radius 3 is 2.77 bits per heavy atom. The van der Waals surface area contributed by atoms with Crippen LogP contribution in [0, 0.1) is 5.92 Å². The van der Waals surface area contributed by atoms with Crippen molar-refractivity contribution in [3.05, 3.63) is 48.2 Å². The number of hydrogen-bond donors (Lipinski definition) is 1. The van der Waals surface area contributed by atoms with E-state index in [9.17, 15) is 4.79 Å². The van der Waals surface area contributed by atoms with Gasteiger partial charge in [0.25, 0.3) is 0 Å². The molecule has 1 aliphatic carbocycles. The molecule has 1 fully saturated rings. The Labute approximate surface area is 131 Å². The van der Waals surface area contributed by atoms with Gasteiger partial charge < -0.3 is 5.32 Å². The number of fused-ring (bicyclic) bond motifs is 1. The van der Waals surface area contributed by atoms with Crippen molar-refractivity contribution in [2.75, 3.05) is 0 Å². The molecule has 0 bridgehead atoms. The van der Waals surface area contributed by atoms with Crippen LogP contribution in [0.1, 0.15) is 38.2 Å². The maximum Gasteiger partial charge on any atom is 0.244 e. The van der Waals surface area contributed by atoms with Crippen LogP contribution in [0.5, 0.6) is 0 Å². The number of benzene rings is 1. The lowest BCUT2D eigenvalue weighted by molar-refractivity contribution is -0.117. The topological polar surface area (TPSA) is 42.0 Å². The molecule has 22 heavy (non-hydrogen) atoms. The molecule has 0 radical (unpaired) electrons. The van der Waals surface area contributed by atoms with E-state index in [0.717, 1.165) is 35.2 Å². The van der Waals surface area contributed by atoms with E-state index in [4.69, 9.17) is 0 Å². The SMILES string of the molecule is CC1CCC(NC(=O)/C=C/c2cccc3cccnc23)CC1. The third kappa shape index (κ3) is 3.53. The van der Waals surface area contributed by atoms with Crippen molar-refractivity contribution < 1.29 is 4.79 Å². The largest absolute Gasteiger partial charge is 0.350 e. The molecule has 1 aromatic heterocycles. The van der Waals surface area contributed by atoms with E-state index >= 15 is 0 Å². The Kier molecular flexibility index (Phi) is 4.52. The Bertz CT molecular complexity index is 679. The summed E-state index contributed by atoms with van der Waals surface area (Å²) in [5.74, 6) is 0.790. The van der Waals surface area contributed by atoms with Crippen LogP contribution >= 0.6 is 0 Å². The predicted molar refractivity (Wildman–Crippen MR) is 90.3 cm³/mol. The fourth-order valence-electron chi connectivity index (χ4n) is 3.08. The average Bonchev–Trinajstić information content (AvgIpc) is 2.55. The number of carbonyl (C=O) groups is 1. The van der Waals surface area contributed by atoms with E-state index < -0.39 is 0 Å². The molecule has 2 aromatic rings. The Balaban J connectivity index is 1.66. The van der Waals surface area contributed by atoms with Crippen molar-refractivity contribution in [1.29, 1.82) is 0 Å². The molecule has 0 aliphatic heterocycles. The zero-order valence-electron chi connectivity index (χ0n) is 13.0. The van der Waals surface area contributed by atoms with Gasteiger partial charge in [-0.2, -0.15) is 0 Å². The Morgan fingerprint density at radius 2 is 1.95 bits per heavy atom. The van der Waals surface area contributed by atoms with E-state index in [-0.39, 0.29) is 5.91 Å². The van der Waals surface area contributed by atoms with Crippen molar-refractivity contribution in [3.63, 3.8) is 0 Å². The van der Waals surface area contributed by atoms with Gasteiger partial charge in [-0.25, -0.2) is 0 Å². The van der Waals surface area contributed by atoms with Crippen LogP contribution in [0.3, 0.4) is 0 Å². The molecule has 114 valence electrons. The maximum absolute atomic E-state index is 12.1. The molecule has 0 spiro atoms. The fraction of sp³-hybridized carbons (Fsp3) is 0.368. The minimum absolute atomic E-state index is 0.00696. The minimum Gasteiger partial charge on any atom is -0.350 e. The van der Waals surface area contributed by atoms with E-state index in [0.29, 0.717) is 6.04 Å². The third-order valence-electron chi connectivity index (χ3n) is 4.44. The van der Waals surface area contributed by atoms with Crippen LogP contribution in [0.15, 0.2) is 42.6 Å². The van der Waals surface area contributed by atoms with Gasteiger partial charge in [-0.3, -0.25) is 9.78 Å². The lowest BCUT2D eigenvalue weighted by Gasteiger charge is -2.26. The fourth-order valence-corrected chi connectivity index (χ4v) is 3.08. The summed E-state index contributed by atoms with van der Waals surface area (Å²) < 4.78 is 0. The molecule has 1 aliphatic rings.